The normalized spacial score (nSPS) is 24.8. The van der Waals surface area contributed by atoms with Crippen LogP contribution in [0, 0.1) is 17.7 Å². The smallest absolute Gasteiger partial charge is 0.257 e. The molecule has 2 aromatic carbocycles. The van der Waals surface area contributed by atoms with Crippen molar-refractivity contribution in [2.75, 3.05) is 28.6 Å². The van der Waals surface area contributed by atoms with Crippen molar-refractivity contribution in [2.24, 2.45) is 11.8 Å². The summed E-state index contributed by atoms with van der Waals surface area (Å²) in [6.45, 7) is 1.90. The fraction of sp³-hybridized carbons (Fsp3) is 0.375. The fourth-order valence-electron chi connectivity index (χ4n) is 5.11. The lowest BCUT2D eigenvalue weighted by Gasteiger charge is -2.42. The average molecular weight is 391 g/mol. The first-order valence-corrected chi connectivity index (χ1v) is 10.6. The van der Waals surface area contributed by atoms with Crippen LogP contribution >= 0.6 is 0 Å². The van der Waals surface area contributed by atoms with E-state index in [-0.39, 0.29) is 11.7 Å². The van der Waals surface area contributed by atoms with Crippen LogP contribution in [-0.4, -0.2) is 19.0 Å². The molecule has 5 heteroatoms. The van der Waals surface area contributed by atoms with Crippen molar-refractivity contribution < 1.29 is 9.18 Å². The molecule has 2 fully saturated rings. The number of nitrogens with zero attached hydrogens (tertiary/aromatic N) is 1. The molecule has 2 atom stereocenters. The van der Waals surface area contributed by atoms with Gasteiger partial charge in [0, 0.05) is 36.2 Å². The van der Waals surface area contributed by atoms with E-state index < -0.39 is 0 Å². The van der Waals surface area contributed by atoms with Crippen molar-refractivity contribution in [1.29, 1.82) is 0 Å². The van der Waals surface area contributed by atoms with Gasteiger partial charge in [-0.25, -0.2) is 4.39 Å². The van der Waals surface area contributed by atoms with Gasteiger partial charge in [-0.3, -0.25) is 4.79 Å². The second-order valence-corrected chi connectivity index (χ2v) is 8.41. The van der Waals surface area contributed by atoms with Crippen LogP contribution in [0.3, 0.4) is 0 Å². The number of piperidine rings is 1. The first-order valence-electron chi connectivity index (χ1n) is 10.6. The molecule has 2 heterocycles. The first-order chi connectivity index (χ1) is 14.2. The van der Waals surface area contributed by atoms with Crippen molar-refractivity contribution in [3.8, 4) is 0 Å². The maximum atomic E-state index is 14.9. The number of hydrogen-bond acceptors (Lipinski definition) is 3. The van der Waals surface area contributed by atoms with Gasteiger partial charge in [0.1, 0.15) is 5.82 Å². The van der Waals surface area contributed by atoms with E-state index in [0.717, 1.165) is 30.3 Å². The predicted molar refractivity (Wildman–Crippen MR) is 115 cm³/mol. The number of benzene rings is 2. The van der Waals surface area contributed by atoms with Gasteiger partial charge in [-0.2, -0.15) is 0 Å². The van der Waals surface area contributed by atoms with Crippen LogP contribution in [0.5, 0.6) is 0 Å². The number of amides is 1. The van der Waals surface area contributed by atoms with Gasteiger partial charge in [0.05, 0.1) is 11.3 Å². The van der Waals surface area contributed by atoms with Crippen molar-refractivity contribution in [2.45, 2.75) is 32.1 Å². The van der Waals surface area contributed by atoms with Crippen LogP contribution in [0.1, 0.15) is 37.7 Å². The number of para-hydroxylation sites is 1. The van der Waals surface area contributed by atoms with Crippen LogP contribution in [0.15, 0.2) is 48.7 Å². The molecule has 0 aromatic heterocycles. The molecule has 1 aliphatic carbocycles. The third-order valence-electron chi connectivity index (χ3n) is 6.67. The van der Waals surface area contributed by atoms with E-state index >= 15 is 0 Å². The number of anilines is 3. The maximum absolute atomic E-state index is 14.9. The zero-order valence-corrected chi connectivity index (χ0v) is 16.5. The molecule has 5 rings (SSSR count). The minimum atomic E-state index is -0.209. The van der Waals surface area contributed by atoms with Crippen molar-refractivity contribution in [3.63, 3.8) is 0 Å². The minimum Gasteiger partial charge on any atom is -0.369 e. The van der Waals surface area contributed by atoms with E-state index in [1.807, 2.05) is 36.4 Å². The Bertz CT molecular complexity index is 970. The summed E-state index contributed by atoms with van der Waals surface area (Å²) in [5.41, 5.74) is 3.56. The Balaban J connectivity index is 1.31. The summed E-state index contributed by atoms with van der Waals surface area (Å²) in [5.74, 6) is 1.18. The van der Waals surface area contributed by atoms with E-state index in [1.165, 1.54) is 38.2 Å². The Morgan fingerprint density at radius 1 is 1.07 bits per heavy atom. The lowest BCUT2D eigenvalue weighted by molar-refractivity contribution is -0.110. The molecule has 150 valence electrons. The highest BCUT2D eigenvalue weighted by molar-refractivity contribution is 6.31. The Labute approximate surface area is 170 Å². The molecule has 1 saturated carbocycles. The number of halogens is 1. The molecular weight excluding hydrogens is 365 g/mol. The summed E-state index contributed by atoms with van der Waals surface area (Å²) < 4.78 is 14.9. The summed E-state index contributed by atoms with van der Waals surface area (Å²) in [4.78, 5) is 14.4. The van der Waals surface area contributed by atoms with Gasteiger partial charge in [-0.05, 0) is 48.9 Å². The summed E-state index contributed by atoms with van der Waals surface area (Å²) in [7, 11) is 0. The monoisotopic (exact) mass is 391 g/mol. The fourth-order valence-corrected chi connectivity index (χ4v) is 5.11. The number of fused-ring (bicyclic) bond motifs is 2. The second kappa shape index (κ2) is 7.54. The average Bonchev–Trinajstić information content (AvgIpc) is 3.07. The quantitative estimate of drug-likeness (QED) is 0.703. The molecule has 0 spiro atoms. The molecule has 1 saturated heterocycles. The standard InChI is InChI=1S/C24H26FN3O/c25-21-13-18(26-14-20-19-7-3-4-8-22(19)27-24(20)29)9-10-23(21)28-12-11-16-5-1-2-6-17(16)15-28/h3-4,7-10,13-14,16-17,26H,1-2,5-6,11-12,15H2,(H,27,29). The molecule has 2 aliphatic heterocycles. The highest BCUT2D eigenvalue weighted by Gasteiger charge is 2.32. The van der Waals surface area contributed by atoms with Crippen LogP contribution in [-0.2, 0) is 4.79 Å². The Hall–Kier alpha value is -2.82. The highest BCUT2D eigenvalue weighted by Crippen LogP contribution is 2.38. The third kappa shape index (κ3) is 3.50. The molecule has 3 aliphatic rings. The zero-order chi connectivity index (χ0) is 19.8. The summed E-state index contributed by atoms with van der Waals surface area (Å²) in [5, 5.41) is 5.93. The van der Waals surface area contributed by atoms with E-state index in [2.05, 4.69) is 15.5 Å². The van der Waals surface area contributed by atoms with Crippen LogP contribution in [0.2, 0.25) is 0 Å². The van der Waals surface area contributed by atoms with Crippen molar-refractivity contribution in [1.82, 2.24) is 0 Å². The van der Waals surface area contributed by atoms with E-state index in [9.17, 15) is 9.18 Å². The SMILES string of the molecule is O=C1Nc2ccccc2C1=CNc1ccc(N2CCC3CCCCC3C2)c(F)c1. The number of nitrogens with one attached hydrogen (secondary N) is 2. The second-order valence-electron chi connectivity index (χ2n) is 8.41. The van der Waals surface area contributed by atoms with E-state index in [1.54, 1.807) is 6.20 Å². The minimum absolute atomic E-state index is 0.147. The lowest BCUT2D eigenvalue weighted by atomic mass is 9.75. The number of carbonyl (C=O) groups excluding carboxylic acids is 1. The predicted octanol–water partition coefficient (Wildman–Crippen LogP) is 5.25. The van der Waals surface area contributed by atoms with Crippen molar-refractivity contribution in [3.05, 3.63) is 60.0 Å². The molecule has 1 amide bonds. The molecular formula is C24H26FN3O. The topological polar surface area (TPSA) is 44.4 Å². The van der Waals surface area contributed by atoms with Crippen molar-refractivity contribution >= 4 is 28.5 Å². The summed E-state index contributed by atoms with van der Waals surface area (Å²) in [6.07, 6.45) is 8.11. The van der Waals surface area contributed by atoms with Gasteiger partial charge < -0.3 is 15.5 Å². The number of rotatable bonds is 3. The summed E-state index contributed by atoms with van der Waals surface area (Å²) in [6, 6.07) is 12.8. The van der Waals surface area contributed by atoms with Gasteiger partial charge in [0.15, 0.2) is 0 Å². The lowest BCUT2D eigenvalue weighted by Crippen LogP contribution is -2.42. The number of carbonyl (C=O) groups is 1. The molecule has 0 bridgehead atoms. The Kier molecular flexibility index (Phi) is 4.74. The Morgan fingerprint density at radius 3 is 2.76 bits per heavy atom. The highest BCUT2D eigenvalue weighted by atomic mass is 19.1. The molecule has 0 radical (unpaired) electrons. The molecule has 29 heavy (non-hydrogen) atoms. The van der Waals surface area contributed by atoms with Crippen LogP contribution < -0.4 is 15.5 Å². The summed E-state index contributed by atoms with van der Waals surface area (Å²) >= 11 is 0. The largest absolute Gasteiger partial charge is 0.369 e. The van der Waals surface area contributed by atoms with Gasteiger partial charge in [0.2, 0.25) is 0 Å². The number of hydrogen-bond donors (Lipinski definition) is 2. The van der Waals surface area contributed by atoms with E-state index in [4.69, 9.17) is 0 Å². The van der Waals surface area contributed by atoms with Gasteiger partial charge >= 0.3 is 0 Å². The zero-order valence-electron chi connectivity index (χ0n) is 16.5. The Morgan fingerprint density at radius 2 is 1.90 bits per heavy atom. The van der Waals surface area contributed by atoms with Crippen LogP contribution in [0.4, 0.5) is 21.5 Å². The molecule has 2 aromatic rings. The molecule has 4 nitrogen and oxygen atoms in total. The van der Waals surface area contributed by atoms with E-state index in [0.29, 0.717) is 22.9 Å². The van der Waals surface area contributed by atoms with Gasteiger partial charge in [0.25, 0.3) is 5.91 Å². The van der Waals surface area contributed by atoms with Crippen LogP contribution in [0.25, 0.3) is 5.57 Å². The van der Waals surface area contributed by atoms with Gasteiger partial charge in [-0.1, -0.05) is 37.5 Å². The molecule has 2 N–H and O–H groups in total. The third-order valence-corrected chi connectivity index (χ3v) is 6.67. The first kappa shape index (κ1) is 18.2. The maximum Gasteiger partial charge on any atom is 0.257 e. The van der Waals surface area contributed by atoms with Gasteiger partial charge in [-0.15, -0.1) is 0 Å². The molecule has 2 unspecified atom stereocenters.